The summed E-state index contributed by atoms with van der Waals surface area (Å²) in [5.41, 5.74) is 7.98. The zero-order valence-electron chi connectivity index (χ0n) is 15.0. The van der Waals surface area contributed by atoms with Gasteiger partial charge in [-0.1, -0.05) is 19.9 Å². The molecule has 0 aliphatic carbocycles. The molecule has 5 nitrogen and oxygen atoms in total. The highest BCUT2D eigenvalue weighted by Crippen LogP contribution is 2.19. The van der Waals surface area contributed by atoms with E-state index < -0.39 is 5.91 Å². The van der Waals surface area contributed by atoms with Crippen molar-refractivity contribution in [2.45, 2.75) is 20.3 Å². The highest BCUT2D eigenvalue weighted by Gasteiger charge is 2.12. The number of anilines is 2. The molecule has 0 saturated carbocycles. The molecule has 5 heteroatoms. The van der Waals surface area contributed by atoms with Crippen LogP contribution in [0.15, 0.2) is 48.5 Å². The first-order chi connectivity index (χ1) is 11.9. The first-order valence-electron chi connectivity index (χ1n) is 8.39. The molecule has 132 valence electrons. The van der Waals surface area contributed by atoms with Gasteiger partial charge in [0.2, 0.25) is 5.91 Å². The number of nitrogens with two attached hydrogens (primary N) is 1. The van der Waals surface area contributed by atoms with Crippen molar-refractivity contribution in [3.63, 3.8) is 0 Å². The van der Waals surface area contributed by atoms with Crippen molar-refractivity contribution < 1.29 is 9.59 Å². The lowest BCUT2D eigenvalue weighted by atomic mass is 10.1. The number of amides is 2. The number of carbonyl (C=O) groups excluding carboxylic acids is 2. The maximum absolute atomic E-state index is 12.5. The average molecular weight is 339 g/mol. The summed E-state index contributed by atoms with van der Waals surface area (Å²) in [6, 6.07) is 14.3. The van der Waals surface area contributed by atoms with Crippen LogP contribution in [0, 0.1) is 5.92 Å². The number of carbonyl (C=O) groups is 2. The second kappa shape index (κ2) is 8.33. The maximum Gasteiger partial charge on any atom is 0.253 e. The van der Waals surface area contributed by atoms with Crippen molar-refractivity contribution in [3.8, 4) is 0 Å². The first-order valence-corrected chi connectivity index (χ1v) is 8.39. The van der Waals surface area contributed by atoms with Crippen LogP contribution in [0.1, 0.15) is 41.0 Å². The van der Waals surface area contributed by atoms with Crippen LogP contribution in [0.25, 0.3) is 0 Å². The molecule has 25 heavy (non-hydrogen) atoms. The van der Waals surface area contributed by atoms with E-state index in [-0.39, 0.29) is 5.91 Å². The topological polar surface area (TPSA) is 75.4 Å². The summed E-state index contributed by atoms with van der Waals surface area (Å²) in [6.45, 7) is 5.03. The predicted molar refractivity (Wildman–Crippen MR) is 101 cm³/mol. The van der Waals surface area contributed by atoms with Crippen LogP contribution < -0.4 is 11.1 Å². The lowest BCUT2D eigenvalue weighted by Gasteiger charge is -2.19. The number of nitrogens with zero attached hydrogens (tertiary/aromatic N) is 1. The largest absolute Gasteiger partial charge is 0.366 e. The standard InChI is InChI=1S/C20H25N3O2/c1-14(2)11-12-23(3)20(25)16-5-4-6-18(13-16)22-17-9-7-15(8-10-17)19(21)24/h4-10,13-14,22H,11-12H2,1-3H3,(H2,21,24). The zero-order chi connectivity index (χ0) is 18.4. The molecule has 0 fully saturated rings. The van der Waals surface area contributed by atoms with Crippen molar-refractivity contribution in [2.24, 2.45) is 11.7 Å². The molecule has 0 bridgehead atoms. The fourth-order valence-corrected chi connectivity index (χ4v) is 2.39. The molecule has 0 atom stereocenters. The fourth-order valence-electron chi connectivity index (χ4n) is 2.39. The Labute approximate surface area is 148 Å². The highest BCUT2D eigenvalue weighted by atomic mass is 16.2. The normalized spacial score (nSPS) is 10.6. The van der Waals surface area contributed by atoms with Gasteiger partial charge in [-0.25, -0.2) is 0 Å². The van der Waals surface area contributed by atoms with Crippen LogP contribution in [0.4, 0.5) is 11.4 Å². The Morgan fingerprint density at radius 1 is 1.04 bits per heavy atom. The molecule has 0 unspecified atom stereocenters. The Kier molecular flexibility index (Phi) is 6.17. The molecule has 2 rings (SSSR count). The van der Waals surface area contributed by atoms with Gasteiger partial charge in [-0.2, -0.15) is 0 Å². The van der Waals surface area contributed by atoms with Crippen LogP contribution >= 0.6 is 0 Å². The maximum atomic E-state index is 12.5. The van der Waals surface area contributed by atoms with E-state index >= 15 is 0 Å². The number of hydrogen-bond acceptors (Lipinski definition) is 3. The van der Waals surface area contributed by atoms with Gasteiger partial charge >= 0.3 is 0 Å². The van der Waals surface area contributed by atoms with Gasteiger partial charge in [0.1, 0.15) is 0 Å². The summed E-state index contributed by atoms with van der Waals surface area (Å²) in [5.74, 6) is 0.114. The van der Waals surface area contributed by atoms with Crippen molar-refractivity contribution in [3.05, 3.63) is 59.7 Å². The average Bonchev–Trinajstić information content (AvgIpc) is 2.59. The smallest absolute Gasteiger partial charge is 0.253 e. The van der Waals surface area contributed by atoms with E-state index in [9.17, 15) is 9.59 Å². The minimum Gasteiger partial charge on any atom is -0.366 e. The van der Waals surface area contributed by atoms with Crippen LogP contribution in [0.5, 0.6) is 0 Å². The number of rotatable bonds is 7. The molecule has 0 aliphatic heterocycles. The minimum atomic E-state index is -0.455. The Morgan fingerprint density at radius 2 is 1.72 bits per heavy atom. The zero-order valence-corrected chi connectivity index (χ0v) is 15.0. The Balaban J connectivity index is 2.07. The molecular formula is C20H25N3O2. The predicted octanol–water partition coefficient (Wildman–Crippen LogP) is 3.65. The summed E-state index contributed by atoms with van der Waals surface area (Å²) < 4.78 is 0. The van der Waals surface area contributed by atoms with E-state index in [1.54, 1.807) is 29.2 Å². The van der Waals surface area contributed by atoms with Gasteiger partial charge < -0.3 is 16.0 Å². The molecular weight excluding hydrogens is 314 g/mol. The van der Waals surface area contributed by atoms with E-state index in [1.807, 2.05) is 31.3 Å². The van der Waals surface area contributed by atoms with Gasteiger partial charge in [-0.3, -0.25) is 9.59 Å². The molecule has 3 N–H and O–H groups in total. The third kappa shape index (κ3) is 5.35. The summed E-state index contributed by atoms with van der Waals surface area (Å²) in [5, 5.41) is 3.23. The SMILES string of the molecule is CC(C)CCN(C)C(=O)c1cccc(Nc2ccc(C(N)=O)cc2)c1. The molecule has 2 amide bonds. The summed E-state index contributed by atoms with van der Waals surface area (Å²) >= 11 is 0. The number of nitrogens with one attached hydrogen (secondary N) is 1. The minimum absolute atomic E-state index is 0.00776. The van der Waals surface area contributed by atoms with E-state index in [0.717, 1.165) is 24.3 Å². The lowest BCUT2D eigenvalue weighted by molar-refractivity contribution is 0.0789. The van der Waals surface area contributed by atoms with Crippen LogP contribution in [-0.2, 0) is 0 Å². The first kappa shape index (κ1) is 18.5. The van der Waals surface area contributed by atoms with E-state index in [1.165, 1.54) is 0 Å². The van der Waals surface area contributed by atoms with Gasteiger partial charge in [-0.15, -0.1) is 0 Å². The Bertz CT molecular complexity index is 739. The van der Waals surface area contributed by atoms with Gasteiger partial charge in [0.05, 0.1) is 0 Å². The van der Waals surface area contributed by atoms with Crippen LogP contribution in [-0.4, -0.2) is 30.3 Å². The second-order valence-corrected chi connectivity index (χ2v) is 6.56. The van der Waals surface area contributed by atoms with Gasteiger partial charge in [0, 0.05) is 36.1 Å². The van der Waals surface area contributed by atoms with Gasteiger partial charge in [0.15, 0.2) is 0 Å². The lowest BCUT2D eigenvalue weighted by Crippen LogP contribution is -2.28. The molecule has 0 radical (unpaired) electrons. The van der Waals surface area contributed by atoms with Crippen molar-refractivity contribution in [1.29, 1.82) is 0 Å². The summed E-state index contributed by atoms with van der Waals surface area (Å²) in [6.07, 6.45) is 0.979. The molecule has 0 aromatic heterocycles. The molecule has 0 aliphatic rings. The highest BCUT2D eigenvalue weighted by molar-refractivity contribution is 5.95. The van der Waals surface area contributed by atoms with Crippen molar-refractivity contribution >= 4 is 23.2 Å². The third-order valence-corrected chi connectivity index (χ3v) is 3.96. The van der Waals surface area contributed by atoms with Crippen LogP contribution in [0.2, 0.25) is 0 Å². The van der Waals surface area contributed by atoms with Gasteiger partial charge in [0.25, 0.3) is 5.91 Å². The quantitative estimate of drug-likeness (QED) is 0.808. The molecule has 0 saturated heterocycles. The van der Waals surface area contributed by atoms with E-state index in [0.29, 0.717) is 17.0 Å². The fraction of sp³-hybridized carbons (Fsp3) is 0.300. The third-order valence-electron chi connectivity index (χ3n) is 3.96. The molecule has 0 heterocycles. The summed E-state index contributed by atoms with van der Waals surface area (Å²) in [7, 11) is 1.83. The van der Waals surface area contributed by atoms with Crippen molar-refractivity contribution in [1.82, 2.24) is 4.90 Å². The molecule has 2 aromatic rings. The van der Waals surface area contributed by atoms with Gasteiger partial charge in [-0.05, 0) is 54.8 Å². The van der Waals surface area contributed by atoms with E-state index in [2.05, 4.69) is 19.2 Å². The van der Waals surface area contributed by atoms with Crippen LogP contribution in [0.3, 0.4) is 0 Å². The summed E-state index contributed by atoms with van der Waals surface area (Å²) in [4.78, 5) is 25.4. The molecule has 2 aromatic carbocycles. The number of benzene rings is 2. The van der Waals surface area contributed by atoms with E-state index in [4.69, 9.17) is 5.73 Å². The Morgan fingerprint density at radius 3 is 2.32 bits per heavy atom. The van der Waals surface area contributed by atoms with Crippen molar-refractivity contribution in [2.75, 3.05) is 18.9 Å². The number of hydrogen-bond donors (Lipinski definition) is 2. The Hall–Kier alpha value is -2.82. The second-order valence-electron chi connectivity index (χ2n) is 6.56. The monoisotopic (exact) mass is 339 g/mol. The molecule has 0 spiro atoms. The number of primary amides is 1.